The number of aromatic nitrogens is 5. The smallest absolute Gasteiger partial charge is 0.238 e. The van der Waals surface area contributed by atoms with E-state index in [4.69, 9.17) is 15.0 Å². The highest BCUT2D eigenvalue weighted by Gasteiger charge is 2.19. The second-order valence-electron chi connectivity index (χ2n) is 14.1. The van der Waals surface area contributed by atoms with Crippen molar-refractivity contribution in [2.45, 2.75) is 0 Å². The molecule has 5 heteroatoms. The molecule has 8 aromatic carbocycles. The first kappa shape index (κ1) is 31.9. The van der Waals surface area contributed by atoms with Crippen LogP contribution in [0.5, 0.6) is 0 Å². The molecule has 56 heavy (non-hydrogen) atoms. The zero-order valence-corrected chi connectivity index (χ0v) is 30.3. The molecule has 5 nitrogen and oxygen atoms in total. The van der Waals surface area contributed by atoms with Crippen molar-refractivity contribution in [2.24, 2.45) is 0 Å². The number of hydrogen-bond acceptors (Lipinski definition) is 3. The van der Waals surface area contributed by atoms with Gasteiger partial charge < -0.3 is 4.57 Å². The molecule has 3 aromatic heterocycles. The van der Waals surface area contributed by atoms with Crippen molar-refractivity contribution in [3.8, 4) is 56.7 Å². The van der Waals surface area contributed by atoms with Crippen molar-refractivity contribution in [2.75, 3.05) is 0 Å². The van der Waals surface area contributed by atoms with Crippen LogP contribution in [0, 0.1) is 0 Å². The fourth-order valence-electron chi connectivity index (χ4n) is 8.12. The molecule has 0 atom stereocenters. The van der Waals surface area contributed by atoms with Gasteiger partial charge >= 0.3 is 0 Å². The number of benzene rings is 8. The molecule has 11 rings (SSSR count). The molecule has 0 fully saturated rings. The van der Waals surface area contributed by atoms with E-state index in [1.165, 1.54) is 27.4 Å². The molecule has 3 heterocycles. The summed E-state index contributed by atoms with van der Waals surface area (Å²) in [5.74, 6) is 1.84. The molecular formula is C51H33N5. The van der Waals surface area contributed by atoms with E-state index in [0.29, 0.717) is 17.6 Å². The Morgan fingerprint density at radius 3 is 1.20 bits per heavy atom. The van der Waals surface area contributed by atoms with Crippen LogP contribution in [0.4, 0.5) is 0 Å². The van der Waals surface area contributed by atoms with Gasteiger partial charge in [-0.25, -0.2) is 4.98 Å². The van der Waals surface area contributed by atoms with Crippen LogP contribution in [-0.4, -0.2) is 24.1 Å². The third-order valence-electron chi connectivity index (χ3n) is 10.8. The number of para-hydroxylation sites is 2. The topological polar surface area (TPSA) is 48.5 Å². The van der Waals surface area contributed by atoms with Gasteiger partial charge in [-0.15, -0.1) is 0 Å². The molecule has 0 bridgehead atoms. The Bertz CT molecular complexity index is 3160. The van der Waals surface area contributed by atoms with Crippen LogP contribution in [-0.2, 0) is 0 Å². The maximum absolute atomic E-state index is 5.15. The van der Waals surface area contributed by atoms with Crippen LogP contribution in [0.3, 0.4) is 0 Å². The van der Waals surface area contributed by atoms with Gasteiger partial charge in [0.05, 0.1) is 22.1 Å². The monoisotopic (exact) mass is 715 g/mol. The summed E-state index contributed by atoms with van der Waals surface area (Å²) >= 11 is 0. The van der Waals surface area contributed by atoms with Crippen LogP contribution >= 0.6 is 0 Å². The maximum Gasteiger partial charge on any atom is 0.238 e. The van der Waals surface area contributed by atoms with Gasteiger partial charge in [0.15, 0.2) is 11.6 Å². The van der Waals surface area contributed by atoms with Crippen molar-refractivity contribution < 1.29 is 0 Å². The summed E-state index contributed by atoms with van der Waals surface area (Å²) in [5.41, 5.74) is 12.1. The first-order valence-corrected chi connectivity index (χ1v) is 18.9. The Labute approximate surface area is 323 Å². The predicted octanol–water partition coefficient (Wildman–Crippen LogP) is 12.7. The van der Waals surface area contributed by atoms with Gasteiger partial charge in [0.1, 0.15) is 0 Å². The molecule has 11 aromatic rings. The Kier molecular flexibility index (Phi) is 7.42. The van der Waals surface area contributed by atoms with Gasteiger partial charge in [-0.3, -0.25) is 4.57 Å². The van der Waals surface area contributed by atoms with E-state index < -0.39 is 0 Å². The minimum absolute atomic E-state index is 0.579. The van der Waals surface area contributed by atoms with Gasteiger partial charge in [0.25, 0.3) is 0 Å². The Morgan fingerprint density at radius 2 is 0.661 bits per heavy atom. The maximum atomic E-state index is 5.15. The zero-order chi connectivity index (χ0) is 37.0. The van der Waals surface area contributed by atoms with Crippen LogP contribution in [0.2, 0.25) is 0 Å². The molecule has 0 saturated carbocycles. The lowest BCUT2D eigenvalue weighted by atomic mass is 10.0. The molecule has 0 spiro atoms. The molecule has 0 amide bonds. The summed E-state index contributed by atoms with van der Waals surface area (Å²) in [6.45, 7) is 0. The van der Waals surface area contributed by atoms with E-state index in [0.717, 1.165) is 55.3 Å². The van der Waals surface area contributed by atoms with Crippen molar-refractivity contribution in [3.63, 3.8) is 0 Å². The second kappa shape index (κ2) is 13.0. The third-order valence-corrected chi connectivity index (χ3v) is 10.8. The highest BCUT2D eigenvalue weighted by atomic mass is 15.2. The summed E-state index contributed by atoms with van der Waals surface area (Å²) < 4.78 is 4.58. The fraction of sp³-hybridized carbons (Fsp3) is 0. The minimum atomic E-state index is 0.579. The average Bonchev–Trinajstić information content (AvgIpc) is 3.79. The lowest BCUT2D eigenvalue weighted by molar-refractivity contribution is 0.953. The fourth-order valence-corrected chi connectivity index (χ4v) is 8.12. The Morgan fingerprint density at radius 1 is 0.268 bits per heavy atom. The molecular weight excluding hydrogens is 683 g/mol. The molecule has 0 aliphatic rings. The Balaban J connectivity index is 1.11. The summed E-state index contributed by atoms with van der Waals surface area (Å²) in [6, 6.07) is 70.5. The molecule has 0 radical (unpaired) electrons. The summed E-state index contributed by atoms with van der Waals surface area (Å²) in [4.78, 5) is 15.3. The van der Waals surface area contributed by atoms with Crippen molar-refractivity contribution >= 4 is 43.6 Å². The van der Waals surface area contributed by atoms with E-state index in [9.17, 15) is 0 Å². The van der Waals surface area contributed by atoms with E-state index in [-0.39, 0.29) is 0 Å². The standard InChI is InChI=1S/C51H33N5/c1-4-14-34(15-5-1)35-24-28-40(29-25-35)55-45-22-12-10-20-41(45)43-30-26-38(32-47(43)55)39-27-31-44-42-21-11-13-23-46(42)56(48(44)33-39)51-53-49(36-16-6-2-7-17-36)52-50(54-51)37-18-8-3-9-19-37/h1-33H. The molecule has 0 unspecified atom stereocenters. The van der Waals surface area contributed by atoms with E-state index >= 15 is 0 Å². The molecule has 0 N–H and O–H groups in total. The normalized spacial score (nSPS) is 11.6. The Hall–Kier alpha value is -7.63. The lowest BCUT2D eigenvalue weighted by Crippen LogP contribution is -2.06. The lowest BCUT2D eigenvalue weighted by Gasteiger charge is -2.12. The van der Waals surface area contributed by atoms with E-state index in [2.05, 4.69) is 149 Å². The third kappa shape index (κ3) is 5.29. The largest absolute Gasteiger partial charge is 0.309 e. The van der Waals surface area contributed by atoms with Crippen molar-refractivity contribution in [1.29, 1.82) is 0 Å². The number of rotatable bonds is 6. The van der Waals surface area contributed by atoms with E-state index in [1.54, 1.807) is 0 Å². The van der Waals surface area contributed by atoms with Crippen LogP contribution in [0.1, 0.15) is 0 Å². The van der Waals surface area contributed by atoms with Crippen LogP contribution in [0.15, 0.2) is 200 Å². The average molecular weight is 716 g/mol. The summed E-state index contributed by atoms with van der Waals surface area (Å²) in [5, 5.41) is 4.74. The van der Waals surface area contributed by atoms with Gasteiger partial charge in [0.2, 0.25) is 5.95 Å². The first-order valence-electron chi connectivity index (χ1n) is 18.9. The van der Waals surface area contributed by atoms with Crippen molar-refractivity contribution in [1.82, 2.24) is 24.1 Å². The highest BCUT2D eigenvalue weighted by Crippen LogP contribution is 2.38. The molecule has 262 valence electrons. The highest BCUT2D eigenvalue weighted by molar-refractivity contribution is 6.12. The second-order valence-corrected chi connectivity index (χ2v) is 14.1. The first-order chi connectivity index (χ1) is 27.8. The minimum Gasteiger partial charge on any atom is -0.309 e. The summed E-state index contributed by atoms with van der Waals surface area (Å²) in [7, 11) is 0. The van der Waals surface area contributed by atoms with Crippen molar-refractivity contribution in [3.05, 3.63) is 200 Å². The van der Waals surface area contributed by atoms with Crippen LogP contribution in [0.25, 0.3) is 100 Å². The predicted molar refractivity (Wildman–Crippen MR) is 230 cm³/mol. The molecule has 0 saturated heterocycles. The number of nitrogens with zero attached hydrogens (tertiary/aromatic N) is 5. The van der Waals surface area contributed by atoms with E-state index in [1.807, 2.05) is 60.7 Å². The number of hydrogen-bond donors (Lipinski definition) is 0. The molecule has 0 aliphatic heterocycles. The number of fused-ring (bicyclic) bond motifs is 6. The van der Waals surface area contributed by atoms with Gasteiger partial charge in [-0.05, 0) is 58.7 Å². The quantitative estimate of drug-likeness (QED) is 0.172. The van der Waals surface area contributed by atoms with Gasteiger partial charge in [-0.1, -0.05) is 164 Å². The van der Waals surface area contributed by atoms with Gasteiger partial charge in [0, 0.05) is 38.4 Å². The van der Waals surface area contributed by atoms with Gasteiger partial charge in [-0.2, -0.15) is 9.97 Å². The molecule has 0 aliphatic carbocycles. The van der Waals surface area contributed by atoms with Crippen LogP contribution < -0.4 is 0 Å². The SMILES string of the molecule is c1ccc(-c2ccc(-n3c4ccccc4c4ccc(-c5ccc6c7ccccc7n(-c7nc(-c8ccccc8)nc(-c8ccccc8)n7)c6c5)cc43)cc2)cc1. The zero-order valence-electron chi connectivity index (χ0n) is 30.3. The summed E-state index contributed by atoms with van der Waals surface area (Å²) in [6.07, 6.45) is 0.